The second kappa shape index (κ2) is 2.67. The number of carbonyl (C=O) groups is 1. The summed E-state index contributed by atoms with van der Waals surface area (Å²) in [4.78, 5) is 10.5. The molecule has 2 heteroatoms. The summed E-state index contributed by atoms with van der Waals surface area (Å²) < 4.78 is 0. The maximum absolute atomic E-state index is 10.5. The molecular weight excluding hydrogens is 114 g/mol. The van der Waals surface area contributed by atoms with Crippen LogP contribution in [0.1, 0.15) is 19.8 Å². The summed E-state index contributed by atoms with van der Waals surface area (Å²) in [6, 6.07) is 0. The first-order valence-corrected chi connectivity index (χ1v) is 3.30. The van der Waals surface area contributed by atoms with Crippen molar-refractivity contribution in [3.05, 3.63) is 11.6 Å². The van der Waals surface area contributed by atoms with Gasteiger partial charge in [0, 0.05) is 12.6 Å². The van der Waals surface area contributed by atoms with Crippen LogP contribution in [0.3, 0.4) is 0 Å². The number of rotatable bonds is 2. The zero-order valence-electron chi connectivity index (χ0n) is 5.61. The van der Waals surface area contributed by atoms with E-state index in [-0.39, 0.29) is 5.91 Å². The fourth-order valence-corrected chi connectivity index (χ4v) is 0.970. The third-order valence-corrected chi connectivity index (χ3v) is 1.40. The number of amides is 1. The zero-order chi connectivity index (χ0) is 6.69. The summed E-state index contributed by atoms with van der Waals surface area (Å²) in [5.74, 6) is 0.0680. The van der Waals surface area contributed by atoms with E-state index < -0.39 is 0 Å². The molecule has 50 valence electrons. The normalized spacial score (nSPS) is 17.4. The second-order valence-electron chi connectivity index (χ2n) is 2.27. The minimum atomic E-state index is 0.0680. The van der Waals surface area contributed by atoms with Gasteiger partial charge in [-0.15, -0.1) is 0 Å². The first-order chi connectivity index (χ1) is 4.33. The van der Waals surface area contributed by atoms with E-state index in [9.17, 15) is 4.79 Å². The Morgan fingerprint density at radius 2 is 2.56 bits per heavy atom. The Hall–Kier alpha value is -0.790. The Labute approximate surface area is 54.9 Å². The Balaban J connectivity index is 2.42. The van der Waals surface area contributed by atoms with Gasteiger partial charge < -0.3 is 5.32 Å². The molecule has 0 atom stereocenters. The van der Waals surface area contributed by atoms with Crippen LogP contribution in [0.2, 0.25) is 0 Å². The molecule has 0 saturated carbocycles. The van der Waals surface area contributed by atoms with Crippen LogP contribution < -0.4 is 5.32 Å². The smallest absolute Gasteiger partial charge is 0.244 e. The molecule has 9 heavy (non-hydrogen) atoms. The lowest BCUT2D eigenvalue weighted by atomic mass is 10.2. The molecule has 1 aliphatic heterocycles. The highest BCUT2D eigenvalue weighted by Crippen LogP contribution is 2.06. The van der Waals surface area contributed by atoms with Gasteiger partial charge in [-0.05, 0) is 12.0 Å². The van der Waals surface area contributed by atoms with Crippen molar-refractivity contribution in [1.29, 1.82) is 0 Å². The van der Waals surface area contributed by atoms with Crippen molar-refractivity contribution in [2.75, 3.05) is 6.54 Å². The Morgan fingerprint density at radius 3 is 3.00 bits per heavy atom. The lowest BCUT2D eigenvalue weighted by Crippen LogP contribution is -2.14. The van der Waals surface area contributed by atoms with Crippen molar-refractivity contribution in [2.45, 2.75) is 19.8 Å². The molecule has 0 aliphatic carbocycles. The molecule has 1 heterocycles. The molecule has 0 saturated heterocycles. The van der Waals surface area contributed by atoms with Gasteiger partial charge in [-0.1, -0.05) is 13.3 Å². The van der Waals surface area contributed by atoms with Gasteiger partial charge in [0.2, 0.25) is 5.91 Å². The predicted molar refractivity (Wildman–Crippen MR) is 36.0 cm³/mol. The molecule has 1 amide bonds. The van der Waals surface area contributed by atoms with Crippen LogP contribution in [0.4, 0.5) is 0 Å². The maximum Gasteiger partial charge on any atom is 0.244 e. The first kappa shape index (κ1) is 6.33. The summed E-state index contributed by atoms with van der Waals surface area (Å²) in [5, 5.41) is 2.72. The average Bonchev–Trinajstić information content (AvgIpc) is 2.17. The SMILES string of the molecule is CCCC1=CC(=O)NC1. The van der Waals surface area contributed by atoms with E-state index in [1.54, 1.807) is 6.08 Å². The van der Waals surface area contributed by atoms with Crippen molar-refractivity contribution in [3.63, 3.8) is 0 Å². The lowest BCUT2D eigenvalue weighted by Gasteiger charge is -1.93. The van der Waals surface area contributed by atoms with E-state index >= 15 is 0 Å². The van der Waals surface area contributed by atoms with Crippen LogP contribution in [0.15, 0.2) is 11.6 Å². The summed E-state index contributed by atoms with van der Waals surface area (Å²) >= 11 is 0. The molecule has 0 fully saturated rings. The molecule has 0 aromatic heterocycles. The van der Waals surface area contributed by atoms with Crippen LogP contribution >= 0.6 is 0 Å². The van der Waals surface area contributed by atoms with Crippen LogP contribution in [0.25, 0.3) is 0 Å². The van der Waals surface area contributed by atoms with E-state index in [1.165, 1.54) is 5.57 Å². The Bertz CT molecular complexity index is 149. The minimum Gasteiger partial charge on any atom is -0.349 e. The molecule has 0 aromatic rings. The number of carbonyl (C=O) groups excluding carboxylic acids is 1. The first-order valence-electron chi connectivity index (χ1n) is 3.30. The molecule has 0 spiro atoms. The van der Waals surface area contributed by atoms with Crippen molar-refractivity contribution in [1.82, 2.24) is 5.32 Å². The monoisotopic (exact) mass is 125 g/mol. The molecule has 1 rings (SSSR count). The summed E-state index contributed by atoms with van der Waals surface area (Å²) in [7, 11) is 0. The highest BCUT2D eigenvalue weighted by molar-refractivity contribution is 5.90. The lowest BCUT2D eigenvalue weighted by molar-refractivity contribution is -0.115. The fraction of sp³-hybridized carbons (Fsp3) is 0.571. The van der Waals surface area contributed by atoms with Crippen LogP contribution in [-0.2, 0) is 4.79 Å². The van der Waals surface area contributed by atoms with Gasteiger partial charge in [-0.3, -0.25) is 4.79 Å². The van der Waals surface area contributed by atoms with E-state index in [0.717, 1.165) is 19.4 Å². The highest BCUT2D eigenvalue weighted by atomic mass is 16.1. The van der Waals surface area contributed by atoms with Crippen LogP contribution in [0, 0.1) is 0 Å². The molecule has 2 nitrogen and oxygen atoms in total. The standard InChI is InChI=1S/C7H11NO/c1-2-3-6-4-7(9)8-5-6/h4H,2-3,5H2,1H3,(H,8,9). The topological polar surface area (TPSA) is 29.1 Å². The van der Waals surface area contributed by atoms with E-state index in [2.05, 4.69) is 12.2 Å². The predicted octanol–water partition coefficient (Wildman–Crippen LogP) is 0.843. The third kappa shape index (κ3) is 1.56. The van der Waals surface area contributed by atoms with Gasteiger partial charge in [-0.2, -0.15) is 0 Å². The van der Waals surface area contributed by atoms with Gasteiger partial charge in [0.05, 0.1) is 0 Å². The number of nitrogens with one attached hydrogen (secondary N) is 1. The van der Waals surface area contributed by atoms with Crippen molar-refractivity contribution in [2.24, 2.45) is 0 Å². The largest absolute Gasteiger partial charge is 0.349 e. The van der Waals surface area contributed by atoms with E-state index in [1.807, 2.05) is 0 Å². The minimum absolute atomic E-state index is 0.0680. The molecule has 0 unspecified atom stereocenters. The molecule has 0 aromatic carbocycles. The van der Waals surface area contributed by atoms with E-state index in [0.29, 0.717) is 0 Å². The van der Waals surface area contributed by atoms with Crippen molar-refractivity contribution in [3.8, 4) is 0 Å². The van der Waals surface area contributed by atoms with Gasteiger partial charge in [0.25, 0.3) is 0 Å². The van der Waals surface area contributed by atoms with Crippen LogP contribution in [0.5, 0.6) is 0 Å². The fourth-order valence-electron chi connectivity index (χ4n) is 0.970. The highest BCUT2D eigenvalue weighted by Gasteiger charge is 2.07. The van der Waals surface area contributed by atoms with Gasteiger partial charge in [0.1, 0.15) is 0 Å². The van der Waals surface area contributed by atoms with Gasteiger partial charge in [-0.25, -0.2) is 0 Å². The Morgan fingerprint density at radius 1 is 1.78 bits per heavy atom. The van der Waals surface area contributed by atoms with E-state index in [4.69, 9.17) is 0 Å². The summed E-state index contributed by atoms with van der Waals surface area (Å²) in [6.45, 7) is 2.89. The molecular formula is C7H11NO. The summed E-state index contributed by atoms with van der Waals surface area (Å²) in [6.07, 6.45) is 3.88. The molecule has 0 radical (unpaired) electrons. The number of hydrogen-bond donors (Lipinski definition) is 1. The maximum atomic E-state index is 10.5. The summed E-state index contributed by atoms with van der Waals surface area (Å²) in [5.41, 5.74) is 1.24. The average molecular weight is 125 g/mol. The quantitative estimate of drug-likeness (QED) is 0.582. The number of hydrogen-bond acceptors (Lipinski definition) is 1. The van der Waals surface area contributed by atoms with Crippen LogP contribution in [-0.4, -0.2) is 12.5 Å². The van der Waals surface area contributed by atoms with Gasteiger partial charge in [0.15, 0.2) is 0 Å². The Kier molecular flexibility index (Phi) is 1.88. The molecule has 1 aliphatic rings. The zero-order valence-corrected chi connectivity index (χ0v) is 5.61. The second-order valence-corrected chi connectivity index (χ2v) is 2.27. The van der Waals surface area contributed by atoms with Crippen molar-refractivity contribution < 1.29 is 4.79 Å². The molecule has 0 bridgehead atoms. The van der Waals surface area contributed by atoms with Gasteiger partial charge >= 0.3 is 0 Å². The van der Waals surface area contributed by atoms with Crippen molar-refractivity contribution >= 4 is 5.91 Å². The molecule has 1 N–H and O–H groups in total. The third-order valence-electron chi connectivity index (χ3n) is 1.40.